The predicted molar refractivity (Wildman–Crippen MR) is 144 cm³/mol. The molecule has 0 radical (unpaired) electrons. The van der Waals surface area contributed by atoms with E-state index in [1.807, 2.05) is 47.5 Å². The Kier molecular flexibility index (Phi) is 7.79. The van der Waals surface area contributed by atoms with E-state index in [1.165, 1.54) is 12.8 Å². The molecule has 1 atom stereocenters. The Morgan fingerprint density at radius 3 is 2.92 bits per heavy atom. The van der Waals surface area contributed by atoms with Crippen LogP contribution in [-0.2, 0) is 17.8 Å². The Morgan fingerprint density at radius 1 is 1.25 bits per heavy atom. The van der Waals surface area contributed by atoms with Gasteiger partial charge in [0.2, 0.25) is 5.91 Å². The molecule has 1 amide bonds. The van der Waals surface area contributed by atoms with Crippen molar-refractivity contribution in [3.63, 3.8) is 0 Å². The van der Waals surface area contributed by atoms with Gasteiger partial charge in [-0.25, -0.2) is 4.98 Å². The molecule has 2 aliphatic rings. The van der Waals surface area contributed by atoms with Gasteiger partial charge in [-0.05, 0) is 68.8 Å². The third-order valence-electron chi connectivity index (χ3n) is 6.81. The third kappa shape index (κ3) is 6.02. The molecule has 36 heavy (non-hydrogen) atoms. The fraction of sp³-hybridized carbons (Fsp3) is 0.429. The number of benzene rings is 2. The number of likely N-dealkylation sites (tertiary alicyclic amines) is 1. The molecule has 3 aromatic rings. The van der Waals surface area contributed by atoms with Crippen LogP contribution in [0.15, 0.2) is 41.8 Å². The van der Waals surface area contributed by atoms with Gasteiger partial charge in [0, 0.05) is 35.0 Å². The Labute approximate surface area is 221 Å². The lowest BCUT2D eigenvalue weighted by Crippen LogP contribution is -2.34. The molecular weight excluding hydrogens is 494 g/mol. The van der Waals surface area contributed by atoms with E-state index in [1.54, 1.807) is 11.3 Å². The monoisotopic (exact) mass is 525 g/mol. The van der Waals surface area contributed by atoms with Crippen molar-refractivity contribution in [1.29, 1.82) is 0 Å². The zero-order chi connectivity index (χ0) is 25.1. The molecule has 2 aliphatic heterocycles. The summed E-state index contributed by atoms with van der Waals surface area (Å²) in [6.07, 6.45) is 2.66. The molecule has 2 aromatic carbocycles. The average Bonchev–Trinajstić information content (AvgIpc) is 3.14. The van der Waals surface area contributed by atoms with Gasteiger partial charge in [0.15, 0.2) is 11.5 Å². The number of thiazole rings is 1. The maximum absolute atomic E-state index is 13.2. The summed E-state index contributed by atoms with van der Waals surface area (Å²) >= 11 is 7.87. The first-order chi connectivity index (χ1) is 17.4. The number of aryl methyl sites for hydroxylation is 1. The number of ether oxygens (including phenoxy) is 2. The van der Waals surface area contributed by atoms with Crippen molar-refractivity contribution in [2.24, 2.45) is 5.92 Å². The van der Waals surface area contributed by atoms with Crippen LogP contribution in [0.1, 0.15) is 29.1 Å². The lowest BCUT2D eigenvalue weighted by Gasteiger charge is -2.29. The number of hydrogen-bond donors (Lipinski definition) is 0. The van der Waals surface area contributed by atoms with Gasteiger partial charge in [0.25, 0.3) is 0 Å². The van der Waals surface area contributed by atoms with E-state index in [-0.39, 0.29) is 5.91 Å². The summed E-state index contributed by atoms with van der Waals surface area (Å²) < 4.78 is 12.7. The highest BCUT2D eigenvalue weighted by atomic mass is 35.5. The van der Waals surface area contributed by atoms with Crippen LogP contribution in [0.3, 0.4) is 0 Å². The minimum Gasteiger partial charge on any atom is -0.489 e. The number of piperidine rings is 1. The standard InChI is InChI=1S/C28H32ClN3O3S/c1-19-30-25(18-36-19)14-27(33)32-9-10-34-28-23(16-32)11-22(21-6-3-7-24(29)12-21)13-26(28)35-17-20-5-4-8-31(2)15-20/h3,6-7,11-13,18,20H,4-5,8-10,14-17H2,1-2H3/t20-/m1/s1. The van der Waals surface area contributed by atoms with E-state index in [4.69, 9.17) is 21.1 Å². The molecule has 6 nitrogen and oxygen atoms in total. The maximum Gasteiger partial charge on any atom is 0.229 e. The molecule has 190 valence electrons. The summed E-state index contributed by atoms with van der Waals surface area (Å²) in [7, 11) is 2.17. The molecule has 8 heteroatoms. The molecule has 1 fully saturated rings. The number of amides is 1. The molecule has 0 saturated carbocycles. The number of halogens is 1. The van der Waals surface area contributed by atoms with E-state index in [9.17, 15) is 4.79 Å². The molecule has 5 rings (SSSR count). The van der Waals surface area contributed by atoms with Crippen LogP contribution >= 0.6 is 22.9 Å². The van der Waals surface area contributed by atoms with Gasteiger partial charge < -0.3 is 19.3 Å². The highest BCUT2D eigenvalue weighted by molar-refractivity contribution is 7.09. The van der Waals surface area contributed by atoms with E-state index in [0.29, 0.717) is 43.7 Å². The van der Waals surface area contributed by atoms with Gasteiger partial charge in [-0.3, -0.25) is 4.79 Å². The summed E-state index contributed by atoms with van der Waals surface area (Å²) in [5, 5.41) is 3.61. The minimum atomic E-state index is 0.0534. The molecule has 3 heterocycles. The number of carbonyl (C=O) groups is 1. The van der Waals surface area contributed by atoms with Gasteiger partial charge in [0.05, 0.1) is 30.3 Å². The van der Waals surface area contributed by atoms with Gasteiger partial charge in [-0.2, -0.15) is 0 Å². The first-order valence-electron chi connectivity index (χ1n) is 12.5. The van der Waals surface area contributed by atoms with Crippen LogP contribution in [-0.4, -0.2) is 60.6 Å². The minimum absolute atomic E-state index is 0.0534. The first-order valence-corrected chi connectivity index (χ1v) is 13.8. The number of nitrogens with zero attached hydrogens (tertiary/aromatic N) is 3. The topological polar surface area (TPSA) is 54.9 Å². The molecule has 0 aliphatic carbocycles. The molecule has 0 bridgehead atoms. The largest absolute Gasteiger partial charge is 0.489 e. The summed E-state index contributed by atoms with van der Waals surface area (Å²) in [5.74, 6) is 2.02. The van der Waals surface area contributed by atoms with Gasteiger partial charge in [-0.15, -0.1) is 11.3 Å². The highest BCUT2D eigenvalue weighted by Crippen LogP contribution is 2.39. The number of carbonyl (C=O) groups excluding carboxylic acids is 1. The Balaban J connectivity index is 1.43. The fourth-order valence-corrected chi connectivity index (χ4v) is 5.81. The van der Waals surface area contributed by atoms with Gasteiger partial charge in [0.1, 0.15) is 6.61 Å². The second kappa shape index (κ2) is 11.2. The van der Waals surface area contributed by atoms with E-state index in [2.05, 4.69) is 23.0 Å². The van der Waals surface area contributed by atoms with Crippen LogP contribution < -0.4 is 9.47 Å². The molecule has 1 saturated heterocycles. The molecule has 0 spiro atoms. The number of fused-ring (bicyclic) bond motifs is 1. The molecule has 0 unspecified atom stereocenters. The van der Waals surface area contributed by atoms with E-state index in [0.717, 1.165) is 52.0 Å². The van der Waals surface area contributed by atoms with Crippen molar-refractivity contribution >= 4 is 28.8 Å². The summed E-state index contributed by atoms with van der Waals surface area (Å²) in [6.45, 7) is 6.20. The normalized spacial score (nSPS) is 18.3. The van der Waals surface area contributed by atoms with Crippen molar-refractivity contribution in [2.75, 3.05) is 39.9 Å². The van der Waals surface area contributed by atoms with Crippen molar-refractivity contribution in [1.82, 2.24) is 14.8 Å². The number of aromatic nitrogens is 1. The van der Waals surface area contributed by atoms with Crippen LogP contribution in [0.4, 0.5) is 0 Å². The van der Waals surface area contributed by atoms with Gasteiger partial charge >= 0.3 is 0 Å². The Bertz CT molecular complexity index is 1230. The maximum atomic E-state index is 13.2. The lowest BCUT2D eigenvalue weighted by atomic mass is 9.99. The van der Waals surface area contributed by atoms with Crippen molar-refractivity contribution in [3.05, 3.63) is 63.1 Å². The summed E-state index contributed by atoms with van der Waals surface area (Å²) in [4.78, 5) is 21.9. The molecular formula is C28H32ClN3O3S. The third-order valence-corrected chi connectivity index (χ3v) is 7.86. The Morgan fingerprint density at radius 2 is 2.14 bits per heavy atom. The zero-order valence-corrected chi connectivity index (χ0v) is 22.4. The van der Waals surface area contributed by atoms with Crippen LogP contribution in [0.2, 0.25) is 5.02 Å². The molecule has 1 aromatic heterocycles. The fourth-order valence-electron chi connectivity index (χ4n) is 5.01. The van der Waals surface area contributed by atoms with Crippen molar-refractivity contribution < 1.29 is 14.3 Å². The van der Waals surface area contributed by atoms with Crippen LogP contribution in [0.5, 0.6) is 11.5 Å². The summed E-state index contributed by atoms with van der Waals surface area (Å²) in [5.41, 5.74) is 3.78. The Hall–Kier alpha value is -2.61. The average molecular weight is 526 g/mol. The van der Waals surface area contributed by atoms with Crippen LogP contribution in [0.25, 0.3) is 11.1 Å². The number of hydrogen-bond acceptors (Lipinski definition) is 6. The number of rotatable bonds is 6. The second-order valence-electron chi connectivity index (χ2n) is 9.75. The first kappa shape index (κ1) is 25.1. The SMILES string of the molecule is Cc1nc(CC(=O)N2CCOc3c(cc(-c4cccc(Cl)c4)cc3OC[C@@H]3CCCN(C)C3)C2)cs1. The predicted octanol–water partition coefficient (Wildman–Crippen LogP) is 5.46. The quantitative estimate of drug-likeness (QED) is 0.428. The molecule has 0 N–H and O–H groups in total. The van der Waals surface area contributed by atoms with Crippen LogP contribution in [0, 0.1) is 12.8 Å². The smallest absolute Gasteiger partial charge is 0.229 e. The highest BCUT2D eigenvalue weighted by Gasteiger charge is 2.25. The lowest BCUT2D eigenvalue weighted by molar-refractivity contribution is -0.131. The van der Waals surface area contributed by atoms with E-state index < -0.39 is 0 Å². The van der Waals surface area contributed by atoms with Gasteiger partial charge in [-0.1, -0.05) is 23.7 Å². The zero-order valence-electron chi connectivity index (χ0n) is 20.8. The van der Waals surface area contributed by atoms with Crippen molar-refractivity contribution in [2.45, 2.75) is 32.7 Å². The van der Waals surface area contributed by atoms with Crippen molar-refractivity contribution in [3.8, 4) is 22.6 Å². The summed E-state index contributed by atoms with van der Waals surface area (Å²) in [6, 6.07) is 12.0. The van der Waals surface area contributed by atoms with E-state index >= 15 is 0 Å². The second-order valence-corrected chi connectivity index (χ2v) is 11.3.